The molecule has 1 aromatic carbocycles. The molecule has 2 heterocycles. The molecule has 0 aliphatic heterocycles. The van der Waals surface area contributed by atoms with E-state index in [9.17, 15) is 5.11 Å². The average Bonchev–Trinajstić information content (AvgIpc) is 2.92. The van der Waals surface area contributed by atoms with Crippen molar-refractivity contribution in [2.75, 3.05) is 0 Å². The standard InChI is InChI=1S/C15H16BrN3O/c1-10-15(16)14(18(2)17-10)8-19-7-11(9-20)12-5-3-4-6-13(12)19/h3-7,20H,8-9H2,1-2H3. The number of para-hydroxylation sites is 1. The maximum atomic E-state index is 9.49. The Balaban J connectivity index is 2.11. The highest BCUT2D eigenvalue weighted by Crippen LogP contribution is 2.25. The minimum atomic E-state index is 0.0547. The second-order valence-electron chi connectivity index (χ2n) is 4.93. The van der Waals surface area contributed by atoms with Gasteiger partial charge in [-0.2, -0.15) is 5.10 Å². The van der Waals surface area contributed by atoms with Crippen LogP contribution in [-0.4, -0.2) is 19.5 Å². The van der Waals surface area contributed by atoms with E-state index in [1.54, 1.807) is 0 Å². The van der Waals surface area contributed by atoms with Crippen LogP contribution in [0.25, 0.3) is 10.9 Å². The van der Waals surface area contributed by atoms with Gasteiger partial charge in [-0.25, -0.2) is 0 Å². The summed E-state index contributed by atoms with van der Waals surface area (Å²) in [4.78, 5) is 0. The lowest BCUT2D eigenvalue weighted by Gasteiger charge is -2.06. The van der Waals surface area contributed by atoms with Gasteiger partial charge in [-0.05, 0) is 28.9 Å². The van der Waals surface area contributed by atoms with Gasteiger partial charge in [0.25, 0.3) is 0 Å². The molecule has 3 rings (SSSR count). The highest BCUT2D eigenvalue weighted by molar-refractivity contribution is 9.10. The summed E-state index contributed by atoms with van der Waals surface area (Å²) in [5.41, 5.74) is 4.19. The molecule has 0 unspecified atom stereocenters. The molecule has 0 saturated heterocycles. The van der Waals surface area contributed by atoms with Gasteiger partial charge in [0.1, 0.15) is 0 Å². The Morgan fingerprint density at radius 2 is 2.05 bits per heavy atom. The number of aryl methyl sites for hydroxylation is 2. The second kappa shape index (κ2) is 5.07. The normalized spacial score (nSPS) is 11.4. The van der Waals surface area contributed by atoms with Gasteiger partial charge in [-0.3, -0.25) is 4.68 Å². The summed E-state index contributed by atoms with van der Waals surface area (Å²) in [6.45, 7) is 2.76. The van der Waals surface area contributed by atoms with E-state index in [0.29, 0.717) is 0 Å². The number of hydrogen-bond acceptors (Lipinski definition) is 2. The molecular weight excluding hydrogens is 318 g/mol. The van der Waals surface area contributed by atoms with Gasteiger partial charge in [0.2, 0.25) is 0 Å². The molecule has 0 radical (unpaired) electrons. The number of nitrogens with zero attached hydrogens (tertiary/aromatic N) is 3. The minimum Gasteiger partial charge on any atom is -0.392 e. The number of halogens is 1. The molecule has 2 aromatic heterocycles. The monoisotopic (exact) mass is 333 g/mol. The first kappa shape index (κ1) is 13.4. The Morgan fingerprint density at radius 1 is 1.30 bits per heavy atom. The molecule has 0 spiro atoms. The van der Waals surface area contributed by atoms with Gasteiger partial charge in [0, 0.05) is 29.7 Å². The van der Waals surface area contributed by atoms with E-state index in [1.807, 2.05) is 43.0 Å². The van der Waals surface area contributed by atoms with E-state index in [0.717, 1.165) is 38.9 Å². The van der Waals surface area contributed by atoms with Gasteiger partial charge in [-0.1, -0.05) is 18.2 Å². The van der Waals surface area contributed by atoms with E-state index >= 15 is 0 Å². The van der Waals surface area contributed by atoms with Crippen molar-refractivity contribution in [1.29, 1.82) is 0 Å². The van der Waals surface area contributed by atoms with Gasteiger partial charge in [-0.15, -0.1) is 0 Å². The van der Waals surface area contributed by atoms with Crippen molar-refractivity contribution in [3.05, 3.63) is 51.9 Å². The predicted molar refractivity (Wildman–Crippen MR) is 82.6 cm³/mol. The Kier molecular flexibility index (Phi) is 3.40. The number of benzene rings is 1. The molecular formula is C15H16BrN3O. The maximum absolute atomic E-state index is 9.49. The molecule has 0 aliphatic carbocycles. The Labute approximate surface area is 125 Å². The van der Waals surface area contributed by atoms with Crippen LogP contribution < -0.4 is 0 Å². The van der Waals surface area contributed by atoms with Gasteiger partial charge < -0.3 is 9.67 Å². The summed E-state index contributed by atoms with van der Waals surface area (Å²) < 4.78 is 5.10. The molecule has 5 heteroatoms. The van der Waals surface area contributed by atoms with Crippen molar-refractivity contribution in [2.45, 2.75) is 20.1 Å². The highest BCUT2D eigenvalue weighted by Gasteiger charge is 2.13. The zero-order valence-electron chi connectivity index (χ0n) is 11.5. The van der Waals surface area contributed by atoms with Crippen LogP contribution in [0.15, 0.2) is 34.9 Å². The molecule has 0 saturated carbocycles. The fourth-order valence-electron chi connectivity index (χ4n) is 2.59. The van der Waals surface area contributed by atoms with Crippen LogP contribution in [0.4, 0.5) is 0 Å². The molecule has 4 nitrogen and oxygen atoms in total. The maximum Gasteiger partial charge on any atom is 0.0739 e. The Bertz CT molecular complexity index is 773. The van der Waals surface area contributed by atoms with Crippen LogP contribution in [0.3, 0.4) is 0 Å². The molecule has 0 fully saturated rings. The zero-order valence-corrected chi connectivity index (χ0v) is 13.1. The SMILES string of the molecule is Cc1nn(C)c(Cn2cc(CO)c3ccccc32)c1Br. The molecule has 3 aromatic rings. The third-order valence-corrected chi connectivity index (χ3v) is 4.65. The summed E-state index contributed by atoms with van der Waals surface area (Å²) in [7, 11) is 1.95. The molecule has 1 N–H and O–H groups in total. The fraction of sp³-hybridized carbons (Fsp3) is 0.267. The molecule has 0 bridgehead atoms. The molecule has 0 amide bonds. The van der Waals surface area contributed by atoms with Crippen LogP contribution in [-0.2, 0) is 20.2 Å². The number of fused-ring (bicyclic) bond motifs is 1. The first-order valence-electron chi connectivity index (χ1n) is 6.47. The van der Waals surface area contributed by atoms with E-state index in [-0.39, 0.29) is 6.61 Å². The van der Waals surface area contributed by atoms with E-state index in [1.165, 1.54) is 0 Å². The summed E-state index contributed by atoms with van der Waals surface area (Å²) >= 11 is 3.60. The largest absolute Gasteiger partial charge is 0.392 e. The summed E-state index contributed by atoms with van der Waals surface area (Å²) in [6, 6.07) is 8.13. The van der Waals surface area contributed by atoms with Crippen LogP contribution >= 0.6 is 15.9 Å². The number of aliphatic hydroxyl groups is 1. The van der Waals surface area contributed by atoms with Crippen molar-refractivity contribution in [3.8, 4) is 0 Å². The number of aromatic nitrogens is 3. The minimum absolute atomic E-state index is 0.0547. The van der Waals surface area contributed by atoms with Crippen molar-refractivity contribution in [2.24, 2.45) is 7.05 Å². The second-order valence-corrected chi connectivity index (χ2v) is 5.72. The van der Waals surface area contributed by atoms with Gasteiger partial charge in [0.15, 0.2) is 0 Å². The number of aliphatic hydroxyl groups excluding tert-OH is 1. The van der Waals surface area contributed by atoms with Crippen molar-refractivity contribution >= 4 is 26.8 Å². The summed E-state index contributed by atoms with van der Waals surface area (Å²) in [5, 5.41) is 15.0. The van der Waals surface area contributed by atoms with Crippen molar-refractivity contribution in [1.82, 2.24) is 14.3 Å². The zero-order chi connectivity index (χ0) is 14.3. The van der Waals surface area contributed by atoms with Crippen molar-refractivity contribution in [3.63, 3.8) is 0 Å². The van der Waals surface area contributed by atoms with Crippen LogP contribution in [0.5, 0.6) is 0 Å². The van der Waals surface area contributed by atoms with E-state index in [4.69, 9.17) is 0 Å². The fourth-order valence-corrected chi connectivity index (χ4v) is 3.05. The third kappa shape index (κ3) is 2.07. The lowest BCUT2D eigenvalue weighted by molar-refractivity contribution is 0.283. The van der Waals surface area contributed by atoms with Gasteiger partial charge in [0.05, 0.1) is 29.0 Å². The quantitative estimate of drug-likeness (QED) is 0.800. The topological polar surface area (TPSA) is 43.0 Å². The van der Waals surface area contributed by atoms with Crippen LogP contribution in [0, 0.1) is 6.92 Å². The predicted octanol–water partition coefficient (Wildman–Crippen LogP) is 2.99. The first-order chi connectivity index (χ1) is 9.61. The lowest BCUT2D eigenvalue weighted by atomic mass is 10.2. The van der Waals surface area contributed by atoms with E-state index in [2.05, 4.69) is 31.7 Å². The van der Waals surface area contributed by atoms with Gasteiger partial charge >= 0.3 is 0 Å². The van der Waals surface area contributed by atoms with Crippen LogP contribution in [0.2, 0.25) is 0 Å². The lowest BCUT2D eigenvalue weighted by Crippen LogP contribution is -2.05. The highest BCUT2D eigenvalue weighted by atomic mass is 79.9. The van der Waals surface area contributed by atoms with E-state index < -0.39 is 0 Å². The molecule has 104 valence electrons. The molecule has 20 heavy (non-hydrogen) atoms. The Hall–Kier alpha value is -1.59. The Morgan fingerprint density at radius 3 is 2.70 bits per heavy atom. The summed E-state index contributed by atoms with van der Waals surface area (Å²) in [6.07, 6.45) is 2.01. The third-order valence-electron chi connectivity index (χ3n) is 3.62. The van der Waals surface area contributed by atoms with Crippen LogP contribution in [0.1, 0.15) is 17.0 Å². The van der Waals surface area contributed by atoms with Crippen molar-refractivity contribution < 1.29 is 5.11 Å². The smallest absolute Gasteiger partial charge is 0.0739 e. The molecule has 0 aliphatic rings. The molecule has 0 atom stereocenters. The average molecular weight is 334 g/mol. The first-order valence-corrected chi connectivity index (χ1v) is 7.26. The summed E-state index contributed by atoms with van der Waals surface area (Å²) in [5.74, 6) is 0. The number of rotatable bonds is 3. The number of hydrogen-bond donors (Lipinski definition) is 1.